The van der Waals surface area contributed by atoms with E-state index in [-0.39, 0.29) is 11.7 Å². The first-order valence-corrected chi connectivity index (χ1v) is 11.0. The lowest BCUT2D eigenvalue weighted by Gasteiger charge is -2.07. The Morgan fingerprint density at radius 2 is 1.96 bits per heavy atom. The molecule has 8 heteroatoms. The predicted molar refractivity (Wildman–Crippen MR) is 106 cm³/mol. The van der Waals surface area contributed by atoms with Crippen molar-refractivity contribution in [3.05, 3.63) is 53.3 Å². The van der Waals surface area contributed by atoms with E-state index in [0.717, 1.165) is 35.1 Å². The summed E-state index contributed by atoms with van der Waals surface area (Å²) in [5.41, 5.74) is 4.02. The van der Waals surface area contributed by atoms with Crippen molar-refractivity contribution in [1.82, 2.24) is 20.1 Å². The molecule has 1 aliphatic carbocycles. The molecule has 146 valence electrons. The van der Waals surface area contributed by atoms with E-state index in [2.05, 4.69) is 15.4 Å². The van der Waals surface area contributed by atoms with Gasteiger partial charge in [-0.05, 0) is 36.6 Å². The number of hydrogen-bond acceptors (Lipinski definition) is 5. The van der Waals surface area contributed by atoms with E-state index in [4.69, 9.17) is 0 Å². The standard InChI is InChI=1S/C20H22N4O3S/c1-3-28(26,27)16-8-4-13(5-9-16)11-22-20(25)15-10-17-18(21-12-15)19(14-6-7-14)24(2)23-17/h4-5,8-10,12,14H,3,6-7,11H2,1-2H3,(H,22,25). The molecule has 1 amide bonds. The van der Waals surface area contributed by atoms with Crippen molar-refractivity contribution in [2.24, 2.45) is 7.05 Å². The van der Waals surface area contributed by atoms with Crippen LogP contribution in [-0.4, -0.2) is 34.8 Å². The Bertz CT molecular complexity index is 1150. The zero-order valence-electron chi connectivity index (χ0n) is 15.8. The molecule has 0 radical (unpaired) electrons. The van der Waals surface area contributed by atoms with Crippen molar-refractivity contribution in [2.75, 3.05) is 5.75 Å². The highest BCUT2D eigenvalue weighted by Crippen LogP contribution is 2.42. The summed E-state index contributed by atoms with van der Waals surface area (Å²) < 4.78 is 25.6. The van der Waals surface area contributed by atoms with Gasteiger partial charge in [-0.25, -0.2) is 8.42 Å². The van der Waals surface area contributed by atoms with Gasteiger partial charge in [-0.1, -0.05) is 19.1 Å². The van der Waals surface area contributed by atoms with Crippen LogP contribution in [0, 0.1) is 0 Å². The van der Waals surface area contributed by atoms with Crippen LogP contribution in [0.15, 0.2) is 41.4 Å². The van der Waals surface area contributed by atoms with Gasteiger partial charge >= 0.3 is 0 Å². The van der Waals surface area contributed by atoms with Crippen molar-refractivity contribution in [1.29, 1.82) is 0 Å². The molecule has 2 heterocycles. The van der Waals surface area contributed by atoms with E-state index >= 15 is 0 Å². The van der Waals surface area contributed by atoms with Crippen LogP contribution < -0.4 is 5.32 Å². The largest absolute Gasteiger partial charge is 0.348 e. The summed E-state index contributed by atoms with van der Waals surface area (Å²) in [6.07, 6.45) is 3.91. The highest BCUT2D eigenvalue weighted by Gasteiger charge is 2.30. The molecule has 0 atom stereocenters. The molecular weight excluding hydrogens is 376 g/mol. The number of hydrogen-bond donors (Lipinski definition) is 1. The number of aryl methyl sites for hydroxylation is 1. The average molecular weight is 398 g/mol. The fourth-order valence-electron chi connectivity index (χ4n) is 3.30. The van der Waals surface area contributed by atoms with Gasteiger partial charge in [-0.2, -0.15) is 5.10 Å². The molecule has 1 aliphatic rings. The SMILES string of the molecule is CCS(=O)(=O)c1ccc(CNC(=O)c2cnc3c(C4CC4)n(C)nc3c2)cc1. The monoisotopic (exact) mass is 398 g/mol. The molecular formula is C20H22N4O3S. The molecule has 0 bridgehead atoms. The zero-order chi connectivity index (χ0) is 19.9. The average Bonchev–Trinajstić information content (AvgIpc) is 3.47. The van der Waals surface area contributed by atoms with Crippen molar-refractivity contribution >= 4 is 26.8 Å². The van der Waals surface area contributed by atoms with Gasteiger partial charge in [-0.3, -0.25) is 14.5 Å². The number of carbonyl (C=O) groups excluding carboxylic acids is 1. The van der Waals surface area contributed by atoms with Gasteiger partial charge in [0, 0.05) is 25.7 Å². The Morgan fingerprint density at radius 1 is 1.25 bits per heavy atom. The number of nitrogens with zero attached hydrogens (tertiary/aromatic N) is 3. The molecule has 0 spiro atoms. The molecule has 3 aromatic rings. The Morgan fingerprint density at radius 3 is 2.61 bits per heavy atom. The summed E-state index contributed by atoms with van der Waals surface area (Å²) in [6.45, 7) is 1.92. The van der Waals surface area contributed by atoms with Gasteiger partial charge < -0.3 is 5.32 Å². The molecule has 2 aromatic heterocycles. The number of benzene rings is 1. The van der Waals surface area contributed by atoms with Gasteiger partial charge in [0.1, 0.15) is 11.0 Å². The van der Waals surface area contributed by atoms with Gasteiger partial charge in [0.05, 0.1) is 21.9 Å². The van der Waals surface area contributed by atoms with E-state index in [1.807, 2.05) is 11.7 Å². The lowest BCUT2D eigenvalue weighted by molar-refractivity contribution is 0.0950. The van der Waals surface area contributed by atoms with Gasteiger partial charge in [0.2, 0.25) is 0 Å². The Balaban J connectivity index is 1.46. The maximum atomic E-state index is 12.5. The molecule has 4 rings (SSSR count). The zero-order valence-corrected chi connectivity index (χ0v) is 16.7. The summed E-state index contributed by atoms with van der Waals surface area (Å²) in [5.74, 6) is 0.356. The van der Waals surface area contributed by atoms with Crippen molar-refractivity contribution in [3.63, 3.8) is 0 Å². The van der Waals surface area contributed by atoms with Crippen molar-refractivity contribution in [3.8, 4) is 0 Å². The molecule has 0 unspecified atom stereocenters. The second-order valence-electron chi connectivity index (χ2n) is 7.10. The van der Waals surface area contributed by atoms with Crippen LogP contribution in [0.1, 0.15) is 47.3 Å². The molecule has 1 fully saturated rings. The lowest BCUT2D eigenvalue weighted by atomic mass is 10.2. The predicted octanol–water partition coefficient (Wildman–Crippen LogP) is 2.57. The third kappa shape index (κ3) is 3.52. The number of sulfone groups is 1. The fraction of sp³-hybridized carbons (Fsp3) is 0.350. The Kier molecular flexibility index (Phi) is 4.66. The topological polar surface area (TPSA) is 94.0 Å². The van der Waals surface area contributed by atoms with Crippen LogP contribution in [0.25, 0.3) is 11.0 Å². The van der Waals surface area contributed by atoms with E-state index < -0.39 is 9.84 Å². The molecule has 7 nitrogen and oxygen atoms in total. The van der Waals surface area contributed by atoms with Crippen LogP contribution in [0.2, 0.25) is 0 Å². The van der Waals surface area contributed by atoms with E-state index in [0.29, 0.717) is 22.9 Å². The van der Waals surface area contributed by atoms with Crippen LogP contribution in [-0.2, 0) is 23.4 Å². The number of pyridine rings is 1. The minimum Gasteiger partial charge on any atom is -0.348 e. The van der Waals surface area contributed by atoms with Gasteiger partial charge in [0.25, 0.3) is 5.91 Å². The molecule has 1 saturated carbocycles. The second kappa shape index (κ2) is 7.01. The molecule has 1 N–H and O–H groups in total. The third-order valence-corrected chi connectivity index (χ3v) is 6.81. The summed E-state index contributed by atoms with van der Waals surface area (Å²) in [5, 5.41) is 7.34. The quantitative estimate of drug-likeness (QED) is 0.689. The smallest absolute Gasteiger partial charge is 0.253 e. The molecule has 1 aromatic carbocycles. The molecule has 28 heavy (non-hydrogen) atoms. The third-order valence-electron chi connectivity index (χ3n) is 5.06. The van der Waals surface area contributed by atoms with Gasteiger partial charge in [0.15, 0.2) is 9.84 Å². The minimum absolute atomic E-state index is 0.0640. The van der Waals surface area contributed by atoms with Crippen LogP contribution >= 0.6 is 0 Å². The first-order valence-electron chi connectivity index (χ1n) is 9.31. The number of rotatable bonds is 6. The summed E-state index contributed by atoms with van der Waals surface area (Å²) in [7, 11) is -1.30. The van der Waals surface area contributed by atoms with Gasteiger partial charge in [-0.15, -0.1) is 0 Å². The molecule has 0 saturated heterocycles. The van der Waals surface area contributed by atoms with E-state index in [1.54, 1.807) is 43.5 Å². The maximum Gasteiger partial charge on any atom is 0.253 e. The van der Waals surface area contributed by atoms with Crippen LogP contribution in [0.5, 0.6) is 0 Å². The lowest BCUT2D eigenvalue weighted by Crippen LogP contribution is -2.23. The Labute approximate surface area is 163 Å². The minimum atomic E-state index is -3.22. The summed E-state index contributed by atoms with van der Waals surface area (Å²) >= 11 is 0. The summed E-state index contributed by atoms with van der Waals surface area (Å²) in [6, 6.07) is 8.33. The number of amides is 1. The first kappa shape index (κ1) is 18.6. The normalized spacial score (nSPS) is 14.4. The van der Waals surface area contributed by atoms with Crippen molar-refractivity contribution < 1.29 is 13.2 Å². The van der Waals surface area contributed by atoms with E-state index in [1.165, 1.54) is 0 Å². The second-order valence-corrected chi connectivity index (χ2v) is 9.38. The highest BCUT2D eigenvalue weighted by molar-refractivity contribution is 7.91. The van der Waals surface area contributed by atoms with Crippen LogP contribution in [0.3, 0.4) is 0 Å². The van der Waals surface area contributed by atoms with Crippen LogP contribution in [0.4, 0.5) is 0 Å². The number of nitrogens with one attached hydrogen (secondary N) is 1. The van der Waals surface area contributed by atoms with Crippen molar-refractivity contribution in [2.45, 2.75) is 37.1 Å². The Hall–Kier alpha value is -2.74. The highest BCUT2D eigenvalue weighted by atomic mass is 32.2. The van der Waals surface area contributed by atoms with E-state index in [9.17, 15) is 13.2 Å². The maximum absolute atomic E-state index is 12.5. The fourth-order valence-corrected chi connectivity index (χ4v) is 4.18. The summed E-state index contributed by atoms with van der Waals surface area (Å²) in [4.78, 5) is 17.3. The first-order chi connectivity index (χ1) is 13.4. The number of fused-ring (bicyclic) bond motifs is 1. The number of aromatic nitrogens is 3. The number of carbonyl (C=O) groups is 1. The molecule has 0 aliphatic heterocycles.